The van der Waals surface area contributed by atoms with Crippen LogP contribution in [0.15, 0.2) is 45.8 Å². The Hall–Kier alpha value is -3.95. The number of nitrogens with one attached hydrogen (secondary N) is 3. The minimum absolute atomic E-state index is 0.0239. The number of likely N-dealkylation sites (tertiary alicyclic amines) is 1. The van der Waals surface area contributed by atoms with Crippen LogP contribution in [0.4, 0.5) is 10.1 Å². The highest BCUT2D eigenvalue weighted by Crippen LogP contribution is 2.24. The maximum Gasteiger partial charge on any atom is 0.289 e. The first-order valence-corrected chi connectivity index (χ1v) is 12.2. The third kappa shape index (κ3) is 5.02. The Morgan fingerprint density at radius 1 is 1.22 bits per heavy atom. The van der Waals surface area contributed by atoms with E-state index in [9.17, 15) is 18.8 Å². The molecule has 2 aromatic heterocycles. The van der Waals surface area contributed by atoms with Crippen molar-refractivity contribution in [3.8, 4) is 0 Å². The van der Waals surface area contributed by atoms with Crippen molar-refractivity contribution < 1.29 is 18.4 Å². The number of halogens is 1. The molecule has 5 rings (SSSR count). The van der Waals surface area contributed by atoms with Gasteiger partial charge in [-0.2, -0.15) is 5.10 Å². The number of aromatic amines is 1. The van der Waals surface area contributed by atoms with E-state index >= 15 is 0 Å². The Morgan fingerprint density at radius 2 is 2.06 bits per heavy atom. The van der Waals surface area contributed by atoms with Crippen LogP contribution < -0.4 is 16.2 Å². The Bertz CT molecular complexity index is 1310. The number of nitrogens with zero attached hydrogens (tertiary/aromatic N) is 2. The van der Waals surface area contributed by atoms with Crippen molar-refractivity contribution in [2.45, 2.75) is 32.1 Å². The third-order valence-corrected chi connectivity index (χ3v) is 6.89. The lowest BCUT2D eigenvalue weighted by Gasteiger charge is -2.31. The van der Waals surface area contributed by atoms with E-state index in [1.807, 2.05) is 0 Å². The first-order chi connectivity index (χ1) is 17.5. The smallest absolute Gasteiger partial charge is 0.289 e. The first kappa shape index (κ1) is 23.8. The molecule has 1 aromatic carbocycles. The highest BCUT2D eigenvalue weighted by molar-refractivity contribution is 5.94. The quantitative estimate of drug-likeness (QED) is 0.486. The van der Waals surface area contributed by atoms with Crippen molar-refractivity contribution >= 4 is 17.5 Å². The molecule has 0 radical (unpaired) electrons. The monoisotopic (exact) mass is 493 g/mol. The van der Waals surface area contributed by atoms with Gasteiger partial charge in [0.2, 0.25) is 0 Å². The van der Waals surface area contributed by atoms with Crippen molar-refractivity contribution in [2.75, 3.05) is 31.5 Å². The van der Waals surface area contributed by atoms with Crippen molar-refractivity contribution in [1.29, 1.82) is 0 Å². The van der Waals surface area contributed by atoms with E-state index < -0.39 is 11.7 Å². The molecular weight excluding hydrogens is 465 g/mol. The molecule has 10 heteroatoms. The first-order valence-electron chi connectivity index (χ1n) is 12.2. The van der Waals surface area contributed by atoms with E-state index in [4.69, 9.17) is 4.42 Å². The zero-order chi connectivity index (χ0) is 25.1. The van der Waals surface area contributed by atoms with Crippen molar-refractivity contribution in [2.24, 2.45) is 5.92 Å². The van der Waals surface area contributed by atoms with Gasteiger partial charge < -0.3 is 20.0 Å². The van der Waals surface area contributed by atoms with Crippen molar-refractivity contribution in [3.05, 3.63) is 80.9 Å². The number of H-pyrrole nitrogens is 1. The van der Waals surface area contributed by atoms with Crippen molar-refractivity contribution in [1.82, 2.24) is 20.4 Å². The minimum Gasteiger partial charge on any atom is -0.459 e. The molecule has 9 nitrogen and oxygen atoms in total. The lowest BCUT2D eigenvalue weighted by atomic mass is 9.96. The molecule has 0 atom stereocenters. The summed E-state index contributed by atoms with van der Waals surface area (Å²) >= 11 is 0. The zero-order valence-corrected chi connectivity index (χ0v) is 19.8. The van der Waals surface area contributed by atoms with E-state index in [0.29, 0.717) is 49.5 Å². The predicted octanol–water partition coefficient (Wildman–Crippen LogP) is 2.73. The van der Waals surface area contributed by atoms with Crippen LogP contribution in [0.25, 0.3) is 0 Å². The fourth-order valence-corrected chi connectivity index (χ4v) is 4.86. The predicted molar refractivity (Wildman–Crippen MR) is 131 cm³/mol. The SMILES string of the molecule is O=C(NCC1CCN(C(=O)c2ccco2)CC1)c1cc(Cc2n[nH]c(=O)c3c2NCCC3)ccc1F. The number of fused-ring (bicyclic) bond motifs is 1. The molecule has 3 N–H and O–H groups in total. The maximum atomic E-state index is 14.5. The summed E-state index contributed by atoms with van der Waals surface area (Å²) in [6.07, 6.45) is 4.87. The van der Waals surface area contributed by atoms with E-state index in [1.165, 1.54) is 18.4 Å². The van der Waals surface area contributed by atoms with Crippen molar-refractivity contribution in [3.63, 3.8) is 0 Å². The molecule has 1 saturated heterocycles. The number of anilines is 1. The number of piperidine rings is 1. The molecule has 0 aliphatic carbocycles. The summed E-state index contributed by atoms with van der Waals surface area (Å²) in [5.41, 5.74) is 2.58. The van der Waals surface area contributed by atoms with Gasteiger partial charge in [0.25, 0.3) is 17.4 Å². The second kappa shape index (κ2) is 10.3. The number of carbonyl (C=O) groups excluding carboxylic acids is 2. The summed E-state index contributed by atoms with van der Waals surface area (Å²) in [7, 11) is 0. The number of aromatic nitrogens is 2. The number of hydrogen-bond donors (Lipinski definition) is 3. The molecule has 0 saturated carbocycles. The molecule has 36 heavy (non-hydrogen) atoms. The highest BCUT2D eigenvalue weighted by Gasteiger charge is 2.26. The molecule has 3 aromatic rings. The van der Waals surface area contributed by atoms with Gasteiger partial charge in [-0.05, 0) is 61.4 Å². The Kier molecular flexibility index (Phi) is 6.84. The van der Waals surface area contributed by atoms with Gasteiger partial charge in [-0.3, -0.25) is 14.4 Å². The Balaban J connectivity index is 1.19. The summed E-state index contributed by atoms with van der Waals surface area (Å²) in [6.45, 7) is 2.32. The Labute approximate surface area is 207 Å². The number of amides is 2. The maximum absolute atomic E-state index is 14.5. The molecule has 1 fully saturated rings. The fraction of sp³-hybridized carbons (Fsp3) is 0.385. The lowest BCUT2D eigenvalue weighted by molar-refractivity contribution is 0.0653. The molecular formula is C26H28FN5O4. The van der Waals surface area contributed by atoms with Gasteiger partial charge in [0.1, 0.15) is 5.82 Å². The number of carbonyl (C=O) groups is 2. The van der Waals surface area contributed by atoms with Crippen LogP contribution in [-0.2, 0) is 12.8 Å². The molecule has 0 spiro atoms. The van der Waals surface area contributed by atoms with E-state index in [-0.39, 0.29) is 22.9 Å². The normalized spacial score (nSPS) is 15.8. The number of rotatable bonds is 6. The van der Waals surface area contributed by atoms with Crippen LogP contribution in [0.5, 0.6) is 0 Å². The van der Waals surface area contributed by atoms with Crippen LogP contribution in [0.1, 0.15) is 57.0 Å². The summed E-state index contributed by atoms with van der Waals surface area (Å²) in [4.78, 5) is 39.1. The van der Waals surface area contributed by atoms with Gasteiger partial charge in [0, 0.05) is 38.2 Å². The van der Waals surface area contributed by atoms with Gasteiger partial charge in [-0.15, -0.1) is 0 Å². The van der Waals surface area contributed by atoms with Crippen LogP contribution in [0, 0.1) is 11.7 Å². The molecule has 0 bridgehead atoms. The van der Waals surface area contributed by atoms with Crippen LogP contribution in [0.3, 0.4) is 0 Å². The fourth-order valence-electron chi connectivity index (χ4n) is 4.86. The van der Waals surface area contributed by atoms with Gasteiger partial charge in [0.15, 0.2) is 5.76 Å². The summed E-state index contributed by atoms with van der Waals surface area (Å²) < 4.78 is 19.7. The minimum atomic E-state index is -0.593. The molecule has 2 aliphatic heterocycles. The lowest BCUT2D eigenvalue weighted by Crippen LogP contribution is -2.41. The number of hydrogen-bond acceptors (Lipinski definition) is 6. The molecule has 188 valence electrons. The van der Waals surface area contributed by atoms with Gasteiger partial charge >= 0.3 is 0 Å². The van der Waals surface area contributed by atoms with Gasteiger partial charge in [-0.1, -0.05) is 6.07 Å². The summed E-state index contributed by atoms with van der Waals surface area (Å²) in [5, 5.41) is 12.8. The average molecular weight is 494 g/mol. The highest BCUT2D eigenvalue weighted by atomic mass is 19.1. The van der Waals surface area contributed by atoms with Gasteiger partial charge in [-0.25, -0.2) is 9.49 Å². The molecule has 2 amide bonds. The molecule has 4 heterocycles. The summed E-state index contributed by atoms with van der Waals surface area (Å²) in [6, 6.07) is 7.78. The average Bonchev–Trinajstić information content (AvgIpc) is 3.45. The van der Waals surface area contributed by atoms with Crippen LogP contribution >= 0.6 is 0 Å². The number of furan rings is 1. The number of benzene rings is 1. The second-order valence-corrected chi connectivity index (χ2v) is 9.30. The van der Waals surface area contributed by atoms with Crippen LogP contribution in [-0.4, -0.2) is 53.1 Å². The molecule has 2 aliphatic rings. The zero-order valence-electron chi connectivity index (χ0n) is 19.8. The van der Waals surface area contributed by atoms with E-state index in [1.54, 1.807) is 23.1 Å². The van der Waals surface area contributed by atoms with Crippen LogP contribution in [0.2, 0.25) is 0 Å². The summed E-state index contributed by atoms with van der Waals surface area (Å²) in [5.74, 6) is -0.674. The Morgan fingerprint density at radius 3 is 2.83 bits per heavy atom. The molecule has 0 unspecified atom stereocenters. The largest absolute Gasteiger partial charge is 0.459 e. The topological polar surface area (TPSA) is 120 Å². The van der Waals surface area contributed by atoms with E-state index in [2.05, 4.69) is 20.8 Å². The van der Waals surface area contributed by atoms with Gasteiger partial charge in [0.05, 0.1) is 23.2 Å². The standard InChI is InChI=1S/C26H28FN5O4/c27-20-6-5-17(14-21-23-18(3-1-9-28-23)25(34)31-30-21)13-19(20)24(33)29-15-16-7-10-32(11-8-16)26(35)22-4-2-12-36-22/h2,4-6,12-13,16,28H,1,3,7-11,14-15H2,(H,29,33)(H,31,34). The second-order valence-electron chi connectivity index (χ2n) is 9.30. The van der Waals surface area contributed by atoms with E-state index in [0.717, 1.165) is 37.1 Å². The third-order valence-electron chi connectivity index (χ3n) is 6.89.